The highest BCUT2D eigenvalue weighted by molar-refractivity contribution is 8.41. The molecule has 1 rings (SSSR count). The van der Waals surface area contributed by atoms with Crippen LogP contribution in [0.4, 0.5) is 4.79 Å². The quantitative estimate of drug-likeness (QED) is 0.627. The Morgan fingerprint density at radius 1 is 1.78 bits per heavy atom. The van der Waals surface area contributed by atoms with E-state index in [1.54, 1.807) is 0 Å². The van der Waals surface area contributed by atoms with E-state index in [0.29, 0.717) is 5.75 Å². The second-order valence-electron chi connectivity index (χ2n) is 1.51. The summed E-state index contributed by atoms with van der Waals surface area (Å²) in [7, 11) is 0. The lowest BCUT2D eigenvalue weighted by atomic mass is 10.5. The topological polar surface area (TPSA) is 54.4 Å². The standard InChI is InChI=1S/C4H4O3S2/c5-3(6)2-1-8-4(7)9-2/h2H,1H2,(H,5,6). The van der Waals surface area contributed by atoms with Crippen molar-refractivity contribution in [3.63, 3.8) is 0 Å². The van der Waals surface area contributed by atoms with Gasteiger partial charge in [-0.05, 0) is 0 Å². The van der Waals surface area contributed by atoms with E-state index < -0.39 is 11.2 Å². The zero-order valence-electron chi connectivity index (χ0n) is 4.36. The van der Waals surface area contributed by atoms with Crippen LogP contribution in [0.3, 0.4) is 0 Å². The summed E-state index contributed by atoms with van der Waals surface area (Å²) in [6.07, 6.45) is 0. The second kappa shape index (κ2) is 2.62. The van der Waals surface area contributed by atoms with Gasteiger partial charge in [0.25, 0.3) is 0 Å². The van der Waals surface area contributed by atoms with Gasteiger partial charge >= 0.3 is 5.97 Å². The monoisotopic (exact) mass is 164 g/mol. The Labute approximate surface area is 60.2 Å². The van der Waals surface area contributed by atoms with Crippen molar-refractivity contribution >= 4 is 33.9 Å². The predicted octanol–water partition coefficient (Wildman–Crippen LogP) is 1.04. The summed E-state index contributed by atoms with van der Waals surface area (Å²) in [6.45, 7) is 0. The van der Waals surface area contributed by atoms with Crippen molar-refractivity contribution in [3.8, 4) is 0 Å². The fourth-order valence-corrected chi connectivity index (χ4v) is 2.51. The van der Waals surface area contributed by atoms with Crippen LogP contribution in [0.25, 0.3) is 0 Å². The third kappa shape index (κ3) is 1.62. The first-order chi connectivity index (χ1) is 4.20. The Balaban J connectivity index is 2.48. The zero-order valence-corrected chi connectivity index (χ0v) is 6.00. The molecule has 50 valence electrons. The number of carboxylic acid groups (broad SMARTS) is 1. The lowest BCUT2D eigenvalue weighted by Crippen LogP contribution is -2.14. The van der Waals surface area contributed by atoms with Gasteiger partial charge in [-0.1, -0.05) is 23.5 Å². The van der Waals surface area contributed by atoms with Crippen molar-refractivity contribution in [2.75, 3.05) is 5.75 Å². The van der Waals surface area contributed by atoms with Crippen molar-refractivity contribution < 1.29 is 14.7 Å². The van der Waals surface area contributed by atoms with Crippen LogP contribution in [0.5, 0.6) is 0 Å². The SMILES string of the molecule is O=C1SCC(C(=O)O)S1. The molecule has 0 aliphatic carbocycles. The summed E-state index contributed by atoms with van der Waals surface area (Å²) in [4.78, 5) is 20.6. The molecule has 0 radical (unpaired) electrons. The number of hydrogen-bond acceptors (Lipinski definition) is 4. The molecule has 0 aromatic rings. The highest BCUT2D eigenvalue weighted by Crippen LogP contribution is 2.32. The molecule has 1 N–H and O–H groups in total. The molecular weight excluding hydrogens is 160 g/mol. The van der Waals surface area contributed by atoms with Crippen molar-refractivity contribution in [2.24, 2.45) is 0 Å². The lowest BCUT2D eigenvalue weighted by molar-refractivity contribution is -0.135. The summed E-state index contributed by atoms with van der Waals surface area (Å²) in [5, 5.41) is 7.83. The summed E-state index contributed by atoms with van der Waals surface area (Å²) >= 11 is 1.98. The van der Waals surface area contributed by atoms with Gasteiger partial charge in [0, 0.05) is 5.75 Å². The third-order valence-electron chi connectivity index (χ3n) is 0.866. The van der Waals surface area contributed by atoms with Crippen LogP contribution in [-0.2, 0) is 4.79 Å². The van der Waals surface area contributed by atoms with Crippen LogP contribution >= 0.6 is 23.5 Å². The van der Waals surface area contributed by atoms with Gasteiger partial charge in [0.2, 0.25) is 4.45 Å². The molecule has 9 heavy (non-hydrogen) atoms. The molecule has 1 atom stereocenters. The highest BCUT2D eigenvalue weighted by atomic mass is 32.2. The molecule has 0 bridgehead atoms. The average Bonchev–Trinajstić information content (AvgIpc) is 2.14. The summed E-state index contributed by atoms with van der Waals surface area (Å²) < 4.78 is -0.0811. The fourth-order valence-electron chi connectivity index (χ4n) is 0.450. The zero-order chi connectivity index (χ0) is 6.85. The maximum atomic E-state index is 10.4. The lowest BCUT2D eigenvalue weighted by Gasteiger charge is -1.94. The Morgan fingerprint density at radius 2 is 2.44 bits per heavy atom. The maximum absolute atomic E-state index is 10.4. The van der Waals surface area contributed by atoms with Gasteiger partial charge in [-0.25, -0.2) is 0 Å². The van der Waals surface area contributed by atoms with Crippen molar-refractivity contribution in [1.29, 1.82) is 0 Å². The molecule has 3 nitrogen and oxygen atoms in total. The van der Waals surface area contributed by atoms with Crippen molar-refractivity contribution in [3.05, 3.63) is 0 Å². The first-order valence-corrected chi connectivity index (χ1v) is 4.13. The Kier molecular flexibility index (Phi) is 2.02. The van der Waals surface area contributed by atoms with Crippen molar-refractivity contribution in [2.45, 2.75) is 5.25 Å². The Bertz CT molecular complexity index is 156. The van der Waals surface area contributed by atoms with Crippen LogP contribution in [0, 0.1) is 0 Å². The third-order valence-corrected chi connectivity index (χ3v) is 3.30. The van der Waals surface area contributed by atoms with E-state index in [1.807, 2.05) is 0 Å². The Morgan fingerprint density at radius 3 is 2.67 bits per heavy atom. The molecule has 0 aromatic carbocycles. The number of hydrogen-bond donors (Lipinski definition) is 1. The van der Waals surface area contributed by atoms with Gasteiger partial charge in [0.15, 0.2) is 0 Å². The Hall–Kier alpha value is -0.160. The maximum Gasteiger partial charge on any atom is 0.317 e. The van der Waals surface area contributed by atoms with E-state index in [9.17, 15) is 9.59 Å². The minimum atomic E-state index is -0.890. The molecule has 0 amide bonds. The largest absolute Gasteiger partial charge is 0.480 e. The van der Waals surface area contributed by atoms with Gasteiger partial charge in [0.05, 0.1) is 0 Å². The summed E-state index contributed by atoms with van der Waals surface area (Å²) in [6, 6.07) is 0. The van der Waals surface area contributed by atoms with Gasteiger partial charge in [-0.15, -0.1) is 0 Å². The highest BCUT2D eigenvalue weighted by Gasteiger charge is 2.29. The first-order valence-electron chi connectivity index (χ1n) is 2.26. The number of carbonyl (C=O) groups excluding carboxylic acids is 1. The molecule has 5 heteroatoms. The van der Waals surface area contributed by atoms with Gasteiger partial charge in [0.1, 0.15) is 5.25 Å². The summed E-state index contributed by atoms with van der Waals surface area (Å²) in [5.41, 5.74) is 0. The number of thioether (sulfide) groups is 2. The van der Waals surface area contributed by atoms with E-state index in [2.05, 4.69) is 0 Å². The number of rotatable bonds is 1. The van der Waals surface area contributed by atoms with Crippen LogP contribution in [0.1, 0.15) is 0 Å². The first kappa shape index (κ1) is 6.95. The minimum Gasteiger partial charge on any atom is -0.480 e. The van der Waals surface area contributed by atoms with E-state index in [0.717, 1.165) is 23.5 Å². The van der Waals surface area contributed by atoms with Gasteiger partial charge < -0.3 is 5.11 Å². The van der Waals surface area contributed by atoms with E-state index >= 15 is 0 Å². The van der Waals surface area contributed by atoms with Crippen LogP contribution < -0.4 is 0 Å². The molecule has 1 aliphatic heterocycles. The number of aliphatic carboxylic acids is 1. The molecule has 0 saturated carbocycles. The van der Waals surface area contributed by atoms with Gasteiger partial charge in [-0.2, -0.15) is 0 Å². The van der Waals surface area contributed by atoms with Crippen LogP contribution in [0.15, 0.2) is 0 Å². The second-order valence-corrected chi connectivity index (χ2v) is 3.93. The normalized spacial score (nSPS) is 26.7. The molecular formula is C4H4O3S2. The van der Waals surface area contributed by atoms with E-state index in [4.69, 9.17) is 5.11 Å². The molecule has 1 fully saturated rings. The molecule has 0 spiro atoms. The molecule has 1 unspecified atom stereocenters. The minimum absolute atomic E-state index is 0.0811. The number of carboxylic acids is 1. The fraction of sp³-hybridized carbons (Fsp3) is 0.500. The number of carbonyl (C=O) groups is 2. The molecule has 0 aromatic heterocycles. The molecule has 1 aliphatic rings. The average molecular weight is 164 g/mol. The molecule has 1 heterocycles. The van der Waals surface area contributed by atoms with E-state index in [1.165, 1.54) is 0 Å². The van der Waals surface area contributed by atoms with Crippen molar-refractivity contribution in [1.82, 2.24) is 0 Å². The smallest absolute Gasteiger partial charge is 0.317 e. The van der Waals surface area contributed by atoms with E-state index in [-0.39, 0.29) is 4.45 Å². The molecule has 1 saturated heterocycles. The predicted molar refractivity (Wildman–Crippen MR) is 36.9 cm³/mol. The van der Waals surface area contributed by atoms with Crippen LogP contribution in [0.2, 0.25) is 0 Å². The summed E-state index contributed by atoms with van der Waals surface area (Å²) in [5.74, 6) is -0.475. The van der Waals surface area contributed by atoms with Gasteiger partial charge in [-0.3, -0.25) is 9.59 Å². The van der Waals surface area contributed by atoms with Crippen LogP contribution in [-0.4, -0.2) is 26.5 Å².